The average molecular weight is 932 g/mol. The molecule has 7 aliphatic rings. The van der Waals surface area contributed by atoms with Crippen LogP contribution >= 0.6 is 0 Å². The molecule has 360 valence electrons. The topological polar surface area (TPSA) is 200 Å². The van der Waals surface area contributed by atoms with Crippen molar-refractivity contribution >= 4 is 46.1 Å². The molecule has 5 aliphatic carbocycles. The van der Waals surface area contributed by atoms with Crippen LogP contribution in [0.4, 0.5) is 14.5 Å². The van der Waals surface area contributed by atoms with Crippen molar-refractivity contribution in [3.63, 3.8) is 0 Å². The fourth-order valence-electron chi connectivity index (χ4n) is 13.0. The number of benzene rings is 1. The van der Waals surface area contributed by atoms with Crippen molar-refractivity contribution in [2.75, 3.05) is 51.5 Å². The van der Waals surface area contributed by atoms with E-state index in [0.29, 0.717) is 48.6 Å². The van der Waals surface area contributed by atoms with Crippen LogP contribution in [0.15, 0.2) is 53.0 Å². The SMILES string of the molecule is COc1c(N2C[C@H]3CCCN[C@H]3C2)c(F)cc2c(=O)c(C(=O)OCCCOC(=O)/C=C/C(=O)OCC(=O)[C@@]3(O)[C@H](C)C[C@H]4[C@@H]5CCC6=CC(=O)C=C[C@]6(C)[C@@]5(F)[C@@H](O)C[C@@]43C)cn(C3CC3)c12. The number of esters is 3. The number of piperidine rings is 1. The van der Waals surface area contributed by atoms with Gasteiger partial charge in [-0.05, 0) is 101 Å². The number of allylic oxidation sites excluding steroid dienone is 4. The van der Waals surface area contributed by atoms with Gasteiger partial charge in [0.25, 0.3) is 0 Å². The van der Waals surface area contributed by atoms with Crippen LogP contribution in [-0.4, -0.2) is 114 Å². The van der Waals surface area contributed by atoms with Crippen molar-refractivity contribution in [2.45, 2.75) is 108 Å². The van der Waals surface area contributed by atoms with Gasteiger partial charge >= 0.3 is 17.9 Å². The van der Waals surface area contributed by atoms with E-state index in [9.17, 15) is 39.0 Å². The van der Waals surface area contributed by atoms with Gasteiger partial charge in [0.2, 0.25) is 11.2 Å². The molecular weight excluding hydrogens is 873 g/mol. The van der Waals surface area contributed by atoms with E-state index in [4.69, 9.17) is 18.9 Å². The number of carbonyl (C=O) groups is 5. The number of nitrogens with one attached hydrogen (secondary N) is 1. The van der Waals surface area contributed by atoms with Gasteiger partial charge in [-0.3, -0.25) is 14.4 Å². The first-order chi connectivity index (χ1) is 31.9. The number of nitrogens with zero attached hydrogens (tertiary/aromatic N) is 2. The summed E-state index contributed by atoms with van der Waals surface area (Å²) in [4.78, 5) is 80.1. The van der Waals surface area contributed by atoms with E-state index in [1.807, 2.05) is 4.90 Å². The number of pyridine rings is 1. The van der Waals surface area contributed by atoms with Crippen molar-refractivity contribution in [1.29, 1.82) is 0 Å². The highest BCUT2D eigenvalue weighted by Crippen LogP contribution is 2.70. The highest BCUT2D eigenvalue weighted by Gasteiger charge is 2.75. The Morgan fingerprint density at radius 1 is 1.00 bits per heavy atom. The fourth-order valence-corrected chi connectivity index (χ4v) is 13.0. The number of anilines is 1. The summed E-state index contributed by atoms with van der Waals surface area (Å²) in [5.41, 5.74) is -6.33. The molecule has 1 aromatic carbocycles. The molecule has 2 aromatic rings. The maximum Gasteiger partial charge on any atom is 0.343 e. The predicted octanol–water partition coefficient (Wildman–Crippen LogP) is 4.78. The Labute approximate surface area is 386 Å². The summed E-state index contributed by atoms with van der Waals surface area (Å²) in [7, 11) is 1.45. The molecule has 2 aliphatic heterocycles. The fraction of sp³-hybridized carbons (Fsp3) is 0.600. The van der Waals surface area contributed by atoms with E-state index in [-0.39, 0.29) is 67.0 Å². The number of methoxy groups -OCH3 is 1. The van der Waals surface area contributed by atoms with Crippen molar-refractivity contribution in [3.05, 3.63) is 69.8 Å². The zero-order valence-electron chi connectivity index (χ0n) is 38.3. The summed E-state index contributed by atoms with van der Waals surface area (Å²) in [5.74, 6) is -5.84. The molecule has 15 nitrogen and oxygen atoms in total. The molecule has 4 saturated carbocycles. The second kappa shape index (κ2) is 17.4. The van der Waals surface area contributed by atoms with Gasteiger partial charge in [0.15, 0.2) is 29.6 Å². The summed E-state index contributed by atoms with van der Waals surface area (Å²) in [6.45, 7) is 5.93. The zero-order chi connectivity index (χ0) is 47.8. The minimum absolute atomic E-state index is 0.00578. The molecule has 0 spiro atoms. The first-order valence-electron chi connectivity index (χ1n) is 23.6. The van der Waals surface area contributed by atoms with Crippen molar-refractivity contribution in [1.82, 2.24) is 9.88 Å². The maximum atomic E-state index is 17.5. The summed E-state index contributed by atoms with van der Waals surface area (Å²) >= 11 is 0. The Hall–Kier alpha value is -5.26. The molecule has 2 saturated heterocycles. The number of halogens is 2. The van der Waals surface area contributed by atoms with E-state index < -0.39 is 87.5 Å². The molecule has 17 heteroatoms. The van der Waals surface area contributed by atoms with Crippen LogP contribution in [0.3, 0.4) is 0 Å². The molecule has 0 bridgehead atoms. The molecule has 67 heavy (non-hydrogen) atoms. The van der Waals surface area contributed by atoms with Crippen molar-refractivity contribution in [2.24, 2.45) is 34.5 Å². The maximum absolute atomic E-state index is 17.5. The van der Waals surface area contributed by atoms with Gasteiger partial charge < -0.3 is 43.9 Å². The number of ether oxygens (including phenoxy) is 4. The minimum Gasteiger partial charge on any atom is -0.492 e. The van der Waals surface area contributed by atoms with Gasteiger partial charge in [-0.1, -0.05) is 25.5 Å². The number of hydrogen-bond acceptors (Lipinski definition) is 14. The van der Waals surface area contributed by atoms with E-state index in [0.717, 1.165) is 44.4 Å². The lowest BCUT2D eigenvalue weighted by Crippen LogP contribution is -2.69. The monoisotopic (exact) mass is 931 g/mol. The number of ketones is 2. The molecule has 3 heterocycles. The Balaban J connectivity index is 0.772. The van der Waals surface area contributed by atoms with Crippen LogP contribution in [0.5, 0.6) is 5.75 Å². The van der Waals surface area contributed by atoms with Gasteiger partial charge in [0.1, 0.15) is 16.9 Å². The summed E-state index contributed by atoms with van der Waals surface area (Å²) in [6.07, 6.45) is 10.3. The molecule has 1 aromatic heterocycles. The molecular formula is C50H59F2N3O12. The third-order valence-corrected chi connectivity index (χ3v) is 16.6. The molecule has 3 N–H and O–H groups in total. The van der Waals surface area contributed by atoms with Gasteiger partial charge in [-0.15, -0.1) is 0 Å². The largest absolute Gasteiger partial charge is 0.492 e. The number of aliphatic hydroxyl groups is 2. The zero-order valence-corrected chi connectivity index (χ0v) is 38.3. The second-order valence-corrected chi connectivity index (χ2v) is 20.2. The van der Waals surface area contributed by atoms with E-state index >= 15 is 8.78 Å². The molecule has 9 rings (SSSR count). The molecule has 10 atom stereocenters. The second-order valence-electron chi connectivity index (χ2n) is 20.2. The Bertz CT molecular complexity index is 2560. The summed E-state index contributed by atoms with van der Waals surface area (Å²) < 4.78 is 56.8. The third kappa shape index (κ3) is 7.54. The summed E-state index contributed by atoms with van der Waals surface area (Å²) in [5, 5.41) is 27.3. The van der Waals surface area contributed by atoms with Crippen LogP contribution in [0.1, 0.15) is 95.0 Å². The first-order valence-corrected chi connectivity index (χ1v) is 23.6. The lowest BCUT2D eigenvalue weighted by atomic mass is 9.44. The molecule has 0 amide bonds. The number of aliphatic hydroxyl groups excluding tert-OH is 1. The van der Waals surface area contributed by atoms with Gasteiger partial charge in [0, 0.05) is 66.7 Å². The van der Waals surface area contributed by atoms with Crippen molar-refractivity contribution in [3.8, 4) is 5.75 Å². The number of rotatable bonds is 13. The number of carbonyl (C=O) groups excluding carboxylic acids is 5. The Morgan fingerprint density at radius 3 is 2.45 bits per heavy atom. The number of Topliss-reactive ketones (excluding diaryl/α,β-unsaturated/α-hetero) is 1. The van der Waals surface area contributed by atoms with E-state index in [2.05, 4.69) is 5.32 Å². The van der Waals surface area contributed by atoms with Crippen LogP contribution in [-0.2, 0) is 33.4 Å². The minimum atomic E-state index is -2.14. The van der Waals surface area contributed by atoms with Gasteiger partial charge in [-0.25, -0.2) is 23.2 Å². The lowest BCUT2D eigenvalue weighted by Gasteiger charge is -2.62. The van der Waals surface area contributed by atoms with Crippen LogP contribution < -0.4 is 20.4 Å². The Morgan fingerprint density at radius 2 is 1.73 bits per heavy atom. The van der Waals surface area contributed by atoms with Crippen LogP contribution in [0.25, 0.3) is 10.9 Å². The average Bonchev–Trinajstić information content (AvgIpc) is 4.02. The highest BCUT2D eigenvalue weighted by atomic mass is 19.1. The molecule has 0 radical (unpaired) electrons. The number of alkyl halides is 1. The highest BCUT2D eigenvalue weighted by molar-refractivity contribution is 6.01. The smallest absolute Gasteiger partial charge is 0.343 e. The van der Waals surface area contributed by atoms with E-state index in [1.165, 1.54) is 37.6 Å². The Kier molecular flexibility index (Phi) is 12.1. The van der Waals surface area contributed by atoms with Crippen LogP contribution in [0, 0.1) is 40.3 Å². The number of fused-ring (bicyclic) bond motifs is 7. The normalized spacial score (nSPS) is 34.2. The number of hydrogen-bond donors (Lipinski definition) is 3. The predicted molar refractivity (Wildman–Crippen MR) is 239 cm³/mol. The van der Waals surface area contributed by atoms with Gasteiger partial charge in [-0.2, -0.15) is 0 Å². The van der Waals surface area contributed by atoms with Crippen molar-refractivity contribution < 1.29 is 61.9 Å². The third-order valence-electron chi connectivity index (χ3n) is 16.6. The van der Waals surface area contributed by atoms with E-state index in [1.54, 1.807) is 25.3 Å². The van der Waals surface area contributed by atoms with Crippen LogP contribution in [0.2, 0.25) is 0 Å². The van der Waals surface area contributed by atoms with Gasteiger partial charge in [0.05, 0.1) is 37.3 Å². The number of aromatic nitrogens is 1. The summed E-state index contributed by atoms with van der Waals surface area (Å²) in [6, 6.07) is 1.40. The first kappa shape index (κ1) is 46.8. The molecule has 0 unspecified atom stereocenters. The quantitative estimate of drug-likeness (QED) is 0.107. The lowest BCUT2D eigenvalue weighted by molar-refractivity contribution is -0.219. The standard InChI is InChI=1S/C50H59F2N3O12/c1-27-19-35-34-11-8-29-20-31(56)14-15-47(29,2)49(34,52)38(57)22-48(35,3)50(27,63)39(58)26-67-41(60)13-12-40(59)65-17-6-18-66-46(62)33-24-55(30-9-10-30)42-32(44(33)61)21-36(51)43(45(42)64-4)54-23-28-7-5-16-53-37(28)25-54/h12-15,20-21,24,27-28,30,34-35,37-38,53,57,63H,5-11,16-19,22-23,25-26H2,1-4H3/b13-12+/t27-,28-,34+,35+,37+,38+,47+,48+,49+,50+/m1/s1. The molecule has 6 fully saturated rings.